The van der Waals surface area contributed by atoms with E-state index in [1.807, 2.05) is 0 Å². The van der Waals surface area contributed by atoms with Gasteiger partial charge in [-0.3, -0.25) is 14.6 Å². The standard InChI is InChI=1S/C16H23N5O2/c1-12(20-21-16(23)14-11-17-8-9-18-14)10-15(22)19-13-6-4-2-3-5-7-13/h8-9,11,13H,2-7,10H2,1H3,(H,19,22)(H,21,23)/b20-12-. The van der Waals surface area contributed by atoms with Crippen molar-refractivity contribution < 1.29 is 9.59 Å². The van der Waals surface area contributed by atoms with E-state index in [-0.39, 0.29) is 24.1 Å². The van der Waals surface area contributed by atoms with Crippen LogP contribution in [0.4, 0.5) is 0 Å². The number of rotatable bonds is 5. The van der Waals surface area contributed by atoms with Crippen molar-refractivity contribution in [2.24, 2.45) is 5.10 Å². The van der Waals surface area contributed by atoms with Gasteiger partial charge in [-0.25, -0.2) is 10.4 Å². The van der Waals surface area contributed by atoms with Crippen molar-refractivity contribution in [3.63, 3.8) is 0 Å². The Bertz CT molecular complexity index is 551. The van der Waals surface area contributed by atoms with Crippen LogP contribution in [0.15, 0.2) is 23.7 Å². The van der Waals surface area contributed by atoms with Gasteiger partial charge >= 0.3 is 0 Å². The van der Waals surface area contributed by atoms with Gasteiger partial charge < -0.3 is 5.32 Å². The topological polar surface area (TPSA) is 96.3 Å². The minimum Gasteiger partial charge on any atom is -0.353 e. The predicted molar refractivity (Wildman–Crippen MR) is 86.9 cm³/mol. The number of aromatic nitrogens is 2. The van der Waals surface area contributed by atoms with Crippen LogP contribution >= 0.6 is 0 Å². The number of carbonyl (C=O) groups is 2. The maximum atomic E-state index is 12.0. The largest absolute Gasteiger partial charge is 0.353 e. The van der Waals surface area contributed by atoms with E-state index in [1.54, 1.807) is 6.92 Å². The average molecular weight is 317 g/mol. The number of amides is 2. The minimum absolute atomic E-state index is 0.0492. The zero-order chi connectivity index (χ0) is 16.5. The van der Waals surface area contributed by atoms with Crippen LogP contribution in [-0.2, 0) is 4.79 Å². The summed E-state index contributed by atoms with van der Waals surface area (Å²) in [6.07, 6.45) is 11.4. The highest BCUT2D eigenvalue weighted by molar-refractivity contribution is 6.00. The van der Waals surface area contributed by atoms with E-state index in [4.69, 9.17) is 0 Å². The van der Waals surface area contributed by atoms with E-state index in [0.29, 0.717) is 5.71 Å². The average Bonchev–Trinajstić information content (AvgIpc) is 2.82. The van der Waals surface area contributed by atoms with E-state index in [1.165, 1.54) is 44.3 Å². The van der Waals surface area contributed by atoms with Crippen LogP contribution in [-0.4, -0.2) is 33.5 Å². The van der Waals surface area contributed by atoms with Crippen molar-refractivity contribution in [1.29, 1.82) is 0 Å². The highest BCUT2D eigenvalue weighted by Crippen LogP contribution is 2.17. The summed E-state index contributed by atoms with van der Waals surface area (Å²) < 4.78 is 0. The molecule has 1 fully saturated rings. The van der Waals surface area contributed by atoms with Gasteiger partial charge in [0.05, 0.1) is 12.6 Å². The van der Waals surface area contributed by atoms with Gasteiger partial charge in [0.15, 0.2) is 0 Å². The fourth-order valence-electron chi connectivity index (χ4n) is 2.59. The SMILES string of the molecule is C/C(CC(=O)NC1CCCCCC1)=N/NC(=O)c1cnccn1. The zero-order valence-electron chi connectivity index (χ0n) is 13.4. The second kappa shape index (κ2) is 8.97. The third-order valence-electron chi connectivity index (χ3n) is 3.78. The highest BCUT2D eigenvalue weighted by Gasteiger charge is 2.15. The minimum atomic E-state index is -0.443. The molecule has 124 valence electrons. The molecule has 0 spiro atoms. The van der Waals surface area contributed by atoms with Gasteiger partial charge in [-0.2, -0.15) is 5.10 Å². The van der Waals surface area contributed by atoms with Crippen molar-refractivity contribution >= 4 is 17.5 Å². The molecule has 1 aliphatic carbocycles. The molecule has 7 heteroatoms. The molecule has 2 rings (SSSR count). The molecular formula is C16H23N5O2. The van der Waals surface area contributed by atoms with Crippen molar-refractivity contribution in [3.8, 4) is 0 Å². The van der Waals surface area contributed by atoms with Crippen molar-refractivity contribution in [3.05, 3.63) is 24.3 Å². The van der Waals surface area contributed by atoms with Crippen LogP contribution in [0.25, 0.3) is 0 Å². The zero-order valence-corrected chi connectivity index (χ0v) is 13.4. The summed E-state index contributed by atoms with van der Waals surface area (Å²) in [6, 6.07) is 0.270. The first kappa shape index (κ1) is 17.1. The number of hydrogen-bond donors (Lipinski definition) is 2. The molecule has 0 saturated heterocycles. The summed E-state index contributed by atoms with van der Waals surface area (Å²) in [5.74, 6) is -0.492. The molecule has 1 saturated carbocycles. The summed E-state index contributed by atoms with van der Waals surface area (Å²) in [7, 11) is 0. The molecule has 1 aliphatic rings. The Morgan fingerprint density at radius 2 is 1.96 bits per heavy atom. The van der Waals surface area contributed by atoms with Crippen LogP contribution in [0.5, 0.6) is 0 Å². The Morgan fingerprint density at radius 3 is 2.61 bits per heavy atom. The molecule has 0 unspecified atom stereocenters. The summed E-state index contributed by atoms with van der Waals surface area (Å²) in [5, 5.41) is 6.99. The van der Waals surface area contributed by atoms with E-state index in [0.717, 1.165) is 12.8 Å². The lowest BCUT2D eigenvalue weighted by molar-refractivity contribution is -0.120. The smallest absolute Gasteiger partial charge is 0.291 e. The Kier molecular flexibility index (Phi) is 6.65. The summed E-state index contributed by atoms with van der Waals surface area (Å²) in [4.78, 5) is 31.5. The van der Waals surface area contributed by atoms with E-state index < -0.39 is 5.91 Å². The van der Waals surface area contributed by atoms with Crippen molar-refractivity contribution in [1.82, 2.24) is 20.7 Å². The van der Waals surface area contributed by atoms with Crippen LogP contribution in [0.1, 0.15) is 62.4 Å². The van der Waals surface area contributed by atoms with Gasteiger partial charge in [-0.1, -0.05) is 25.7 Å². The van der Waals surface area contributed by atoms with Gasteiger partial charge in [-0.05, 0) is 19.8 Å². The van der Waals surface area contributed by atoms with Gasteiger partial charge in [0, 0.05) is 24.1 Å². The maximum absolute atomic E-state index is 12.0. The summed E-state index contributed by atoms with van der Waals surface area (Å²) in [5.41, 5.74) is 3.12. The molecule has 1 aromatic heterocycles. The first-order chi connectivity index (χ1) is 11.1. The number of hydrogen-bond acceptors (Lipinski definition) is 5. The lowest BCUT2D eigenvalue weighted by Crippen LogP contribution is -2.35. The van der Waals surface area contributed by atoms with Crippen LogP contribution in [0.2, 0.25) is 0 Å². The summed E-state index contributed by atoms with van der Waals surface area (Å²) >= 11 is 0. The van der Waals surface area contributed by atoms with Crippen molar-refractivity contribution in [2.45, 2.75) is 57.9 Å². The normalized spacial score (nSPS) is 16.5. The molecule has 0 aromatic carbocycles. The Morgan fingerprint density at radius 1 is 1.22 bits per heavy atom. The fourth-order valence-corrected chi connectivity index (χ4v) is 2.59. The van der Waals surface area contributed by atoms with Gasteiger partial charge in [0.1, 0.15) is 5.69 Å². The van der Waals surface area contributed by atoms with E-state index in [2.05, 4.69) is 25.8 Å². The van der Waals surface area contributed by atoms with Crippen LogP contribution < -0.4 is 10.7 Å². The number of carbonyl (C=O) groups excluding carboxylic acids is 2. The molecular weight excluding hydrogens is 294 g/mol. The molecule has 0 aliphatic heterocycles. The quantitative estimate of drug-likeness (QED) is 0.492. The molecule has 0 bridgehead atoms. The second-order valence-electron chi connectivity index (χ2n) is 5.81. The summed E-state index contributed by atoms with van der Waals surface area (Å²) in [6.45, 7) is 1.71. The Hall–Kier alpha value is -2.31. The fraction of sp³-hybridized carbons (Fsp3) is 0.562. The predicted octanol–water partition coefficient (Wildman–Crippen LogP) is 1.81. The monoisotopic (exact) mass is 317 g/mol. The van der Waals surface area contributed by atoms with Gasteiger partial charge in [0.2, 0.25) is 5.91 Å². The van der Waals surface area contributed by atoms with Gasteiger partial charge in [0.25, 0.3) is 5.91 Å². The molecule has 23 heavy (non-hydrogen) atoms. The van der Waals surface area contributed by atoms with Crippen molar-refractivity contribution in [2.75, 3.05) is 0 Å². The number of nitrogens with one attached hydrogen (secondary N) is 2. The van der Waals surface area contributed by atoms with Crippen LogP contribution in [0.3, 0.4) is 0 Å². The first-order valence-electron chi connectivity index (χ1n) is 8.04. The third-order valence-corrected chi connectivity index (χ3v) is 3.78. The maximum Gasteiger partial charge on any atom is 0.291 e. The van der Waals surface area contributed by atoms with E-state index in [9.17, 15) is 9.59 Å². The molecule has 0 radical (unpaired) electrons. The molecule has 7 nitrogen and oxygen atoms in total. The lowest BCUT2D eigenvalue weighted by atomic mass is 10.1. The van der Waals surface area contributed by atoms with E-state index >= 15 is 0 Å². The molecule has 2 N–H and O–H groups in total. The molecule has 0 atom stereocenters. The molecule has 1 aromatic rings. The van der Waals surface area contributed by atoms with Crippen LogP contribution in [0, 0.1) is 0 Å². The third kappa shape index (κ3) is 6.14. The first-order valence-corrected chi connectivity index (χ1v) is 8.04. The number of nitrogens with zero attached hydrogens (tertiary/aromatic N) is 3. The Labute approximate surface area is 136 Å². The molecule has 2 amide bonds. The Balaban J connectivity index is 1.77. The number of hydrazone groups is 1. The highest BCUT2D eigenvalue weighted by atomic mass is 16.2. The second-order valence-corrected chi connectivity index (χ2v) is 5.81. The van der Waals surface area contributed by atoms with Gasteiger partial charge in [-0.15, -0.1) is 0 Å². The molecule has 1 heterocycles. The lowest BCUT2D eigenvalue weighted by Gasteiger charge is -2.16.